The molecule has 0 atom stereocenters. The van der Waals surface area contributed by atoms with E-state index in [4.69, 9.17) is 12.6 Å². The summed E-state index contributed by atoms with van der Waals surface area (Å²) in [5, 5.41) is 1.57. The Morgan fingerprint density at radius 1 is 1.09 bits per heavy atom. The standard InChI is InChI=1S/C8H6N2S/c11-8-6-3-1-2-4-7(6)9-5-10-8/h1-5H,(H,9,10,11)/p-1. The van der Waals surface area contributed by atoms with Crippen molar-refractivity contribution < 1.29 is 0 Å². The molecule has 0 amide bonds. The predicted octanol–water partition coefficient (Wildman–Crippen LogP) is 1.54. The van der Waals surface area contributed by atoms with Gasteiger partial charge in [0.1, 0.15) is 6.33 Å². The average Bonchev–Trinajstić information content (AvgIpc) is 2.06. The Morgan fingerprint density at radius 3 is 2.73 bits per heavy atom. The summed E-state index contributed by atoms with van der Waals surface area (Å²) in [6.45, 7) is 0. The number of rotatable bonds is 0. The van der Waals surface area contributed by atoms with E-state index >= 15 is 0 Å². The van der Waals surface area contributed by atoms with Crippen molar-refractivity contribution in [2.75, 3.05) is 0 Å². The molecule has 0 saturated heterocycles. The minimum atomic E-state index is 0.621. The average molecular weight is 161 g/mol. The topological polar surface area (TPSA) is 25.8 Å². The van der Waals surface area contributed by atoms with Crippen LogP contribution in [0.4, 0.5) is 0 Å². The first-order valence-electron chi connectivity index (χ1n) is 3.25. The molecule has 11 heavy (non-hydrogen) atoms. The van der Waals surface area contributed by atoms with Gasteiger partial charge in [0.15, 0.2) is 0 Å². The van der Waals surface area contributed by atoms with Crippen molar-refractivity contribution in [2.24, 2.45) is 0 Å². The molecule has 0 bridgehead atoms. The van der Waals surface area contributed by atoms with Crippen LogP contribution in [0.3, 0.4) is 0 Å². The summed E-state index contributed by atoms with van der Waals surface area (Å²) in [7, 11) is 0. The first-order valence-corrected chi connectivity index (χ1v) is 3.65. The third-order valence-electron chi connectivity index (χ3n) is 1.51. The molecule has 3 heteroatoms. The Kier molecular flexibility index (Phi) is 1.43. The van der Waals surface area contributed by atoms with Gasteiger partial charge in [-0.2, -0.15) is 0 Å². The molecule has 54 valence electrons. The molecule has 0 radical (unpaired) electrons. The molecule has 1 heterocycles. The SMILES string of the molecule is [S-]c1ncnc2ccccc12. The molecular formula is C8H5N2S-. The van der Waals surface area contributed by atoms with Crippen molar-refractivity contribution >= 4 is 23.5 Å². The number of fused-ring (bicyclic) bond motifs is 1. The lowest BCUT2D eigenvalue weighted by Crippen LogP contribution is -1.84. The smallest absolute Gasteiger partial charge is 0.114 e. The maximum Gasteiger partial charge on any atom is 0.114 e. The molecule has 0 aliphatic heterocycles. The molecule has 1 aromatic carbocycles. The van der Waals surface area contributed by atoms with E-state index in [0.717, 1.165) is 10.9 Å². The van der Waals surface area contributed by atoms with Crippen LogP contribution in [0.1, 0.15) is 0 Å². The molecule has 2 rings (SSSR count). The summed E-state index contributed by atoms with van der Waals surface area (Å²) in [6, 6.07) is 7.72. The Bertz CT molecular complexity index is 381. The van der Waals surface area contributed by atoms with Crippen LogP contribution in [-0.4, -0.2) is 9.97 Å². The van der Waals surface area contributed by atoms with E-state index in [0.29, 0.717) is 5.03 Å². The van der Waals surface area contributed by atoms with Crippen LogP contribution in [-0.2, 0) is 12.6 Å². The molecule has 0 unspecified atom stereocenters. The highest BCUT2D eigenvalue weighted by atomic mass is 32.1. The Morgan fingerprint density at radius 2 is 1.91 bits per heavy atom. The van der Waals surface area contributed by atoms with Crippen molar-refractivity contribution in [3.05, 3.63) is 30.6 Å². The van der Waals surface area contributed by atoms with Crippen molar-refractivity contribution in [3.63, 3.8) is 0 Å². The number of hydrogen-bond donors (Lipinski definition) is 0. The lowest BCUT2D eigenvalue weighted by Gasteiger charge is -2.06. The summed E-state index contributed by atoms with van der Waals surface area (Å²) in [5.41, 5.74) is 0.910. The summed E-state index contributed by atoms with van der Waals surface area (Å²) in [6.07, 6.45) is 1.49. The fourth-order valence-electron chi connectivity index (χ4n) is 0.980. The minimum absolute atomic E-state index is 0.621. The van der Waals surface area contributed by atoms with Crippen LogP contribution in [0, 0.1) is 0 Å². The fraction of sp³-hybridized carbons (Fsp3) is 0. The third-order valence-corrected chi connectivity index (χ3v) is 1.83. The van der Waals surface area contributed by atoms with E-state index in [2.05, 4.69) is 9.97 Å². The molecule has 0 fully saturated rings. The van der Waals surface area contributed by atoms with E-state index in [1.807, 2.05) is 24.3 Å². The van der Waals surface area contributed by atoms with Gasteiger partial charge >= 0.3 is 0 Å². The number of hydrogen-bond acceptors (Lipinski definition) is 3. The van der Waals surface area contributed by atoms with Gasteiger partial charge in [0.25, 0.3) is 0 Å². The largest absolute Gasteiger partial charge is 0.759 e. The summed E-state index contributed by atoms with van der Waals surface area (Å²) < 4.78 is 0. The maximum absolute atomic E-state index is 5.00. The second-order valence-electron chi connectivity index (χ2n) is 2.20. The highest BCUT2D eigenvalue weighted by Gasteiger charge is 1.90. The summed E-state index contributed by atoms with van der Waals surface area (Å²) >= 11 is 5.00. The molecule has 0 aliphatic rings. The molecule has 2 aromatic rings. The first kappa shape index (κ1) is 6.49. The quantitative estimate of drug-likeness (QED) is 0.433. The summed E-state index contributed by atoms with van der Waals surface area (Å²) in [4.78, 5) is 7.98. The van der Waals surface area contributed by atoms with Gasteiger partial charge < -0.3 is 12.6 Å². The van der Waals surface area contributed by atoms with Crippen LogP contribution in [0.25, 0.3) is 10.9 Å². The molecular weight excluding hydrogens is 156 g/mol. The van der Waals surface area contributed by atoms with Crippen LogP contribution in [0.2, 0.25) is 0 Å². The number of aromatic nitrogens is 2. The van der Waals surface area contributed by atoms with Gasteiger partial charge in [-0.25, -0.2) is 4.98 Å². The highest BCUT2D eigenvalue weighted by molar-refractivity contribution is 7.59. The Hall–Kier alpha value is -1.22. The zero-order valence-corrected chi connectivity index (χ0v) is 6.51. The predicted molar refractivity (Wildman–Crippen MR) is 45.2 cm³/mol. The Balaban J connectivity index is 2.91. The lowest BCUT2D eigenvalue weighted by atomic mass is 10.2. The summed E-state index contributed by atoms with van der Waals surface area (Å²) in [5.74, 6) is 0. The van der Waals surface area contributed by atoms with Crippen LogP contribution < -0.4 is 0 Å². The molecule has 0 spiro atoms. The van der Waals surface area contributed by atoms with Crippen molar-refractivity contribution in [2.45, 2.75) is 5.03 Å². The van der Waals surface area contributed by atoms with Gasteiger partial charge in [-0.1, -0.05) is 23.2 Å². The third kappa shape index (κ3) is 1.03. The van der Waals surface area contributed by atoms with Crippen molar-refractivity contribution in [1.29, 1.82) is 0 Å². The number of benzene rings is 1. The van der Waals surface area contributed by atoms with Crippen molar-refractivity contribution in [1.82, 2.24) is 9.97 Å². The molecule has 1 aromatic heterocycles. The Labute approximate surface area is 69.7 Å². The second kappa shape index (κ2) is 2.43. The van der Waals surface area contributed by atoms with Crippen molar-refractivity contribution in [3.8, 4) is 0 Å². The van der Waals surface area contributed by atoms with Gasteiger partial charge in [-0.3, -0.25) is 4.98 Å². The van der Waals surface area contributed by atoms with Gasteiger partial charge in [0.2, 0.25) is 0 Å². The van der Waals surface area contributed by atoms with E-state index in [1.54, 1.807) is 0 Å². The first-order chi connectivity index (χ1) is 5.38. The van der Waals surface area contributed by atoms with Gasteiger partial charge in [-0.05, 0) is 11.5 Å². The van der Waals surface area contributed by atoms with Gasteiger partial charge in [-0.15, -0.1) is 0 Å². The zero-order valence-electron chi connectivity index (χ0n) is 5.69. The zero-order chi connectivity index (χ0) is 7.68. The highest BCUT2D eigenvalue weighted by Crippen LogP contribution is 2.12. The van der Waals surface area contributed by atoms with E-state index in [9.17, 15) is 0 Å². The fourth-order valence-corrected chi connectivity index (χ4v) is 1.20. The van der Waals surface area contributed by atoms with Crippen LogP contribution in [0.5, 0.6) is 0 Å². The monoisotopic (exact) mass is 161 g/mol. The second-order valence-corrected chi connectivity index (χ2v) is 2.58. The molecule has 0 N–H and O–H groups in total. The minimum Gasteiger partial charge on any atom is -0.759 e. The van der Waals surface area contributed by atoms with Gasteiger partial charge in [0, 0.05) is 0 Å². The molecule has 0 aliphatic carbocycles. The molecule has 2 nitrogen and oxygen atoms in total. The lowest BCUT2D eigenvalue weighted by molar-refractivity contribution is 1.11. The van der Waals surface area contributed by atoms with E-state index in [1.165, 1.54) is 6.33 Å². The number of nitrogens with zero attached hydrogens (tertiary/aromatic N) is 2. The normalized spacial score (nSPS) is 10.2. The van der Waals surface area contributed by atoms with Crippen LogP contribution in [0.15, 0.2) is 35.6 Å². The van der Waals surface area contributed by atoms with E-state index in [-0.39, 0.29) is 0 Å². The van der Waals surface area contributed by atoms with Gasteiger partial charge in [0.05, 0.1) is 5.52 Å². The van der Waals surface area contributed by atoms with E-state index < -0.39 is 0 Å². The molecule has 0 saturated carbocycles. The number of para-hydroxylation sites is 1. The maximum atomic E-state index is 5.00. The van der Waals surface area contributed by atoms with Crippen LogP contribution >= 0.6 is 0 Å².